The summed E-state index contributed by atoms with van der Waals surface area (Å²) in [5, 5.41) is 16.3. The van der Waals surface area contributed by atoms with Gasteiger partial charge in [-0.15, -0.1) is 0 Å². The van der Waals surface area contributed by atoms with E-state index in [1.165, 1.54) is 5.56 Å². The summed E-state index contributed by atoms with van der Waals surface area (Å²) in [7, 11) is 0. The summed E-state index contributed by atoms with van der Waals surface area (Å²) in [6, 6.07) is 20.6. The first-order valence-corrected chi connectivity index (χ1v) is 9.05. The molecule has 0 fully saturated rings. The monoisotopic (exact) mass is 339 g/mol. The lowest BCUT2D eigenvalue weighted by Gasteiger charge is -2.15. The van der Waals surface area contributed by atoms with Crippen LogP contribution >= 0.6 is 0 Å². The van der Waals surface area contributed by atoms with E-state index < -0.39 is 0 Å². The Morgan fingerprint density at radius 3 is 2.32 bits per heavy atom. The number of benzene rings is 2. The Morgan fingerprint density at radius 1 is 1.00 bits per heavy atom. The second kappa shape index (κ2) is 11.3. The standard InChI is InChI=1S/C21H29N3O/c1-2-22-21(23-15-9-12-18-10-5-3-6-11-18)24-16-20(17-25)19-13-7-4-8-14-19/h3-8,10-11,13-14,20,25H,2,9,12,15-17H2,1H3,(H2,22,23,24). The molecule has 25 heavy (non-hydrogen) atoms. The van der Waals surface area contributed by atoms with Gasteiger partial charge in [0.1, 0.15) is 0 Å². The molecule has 0 heterocycles. The molecule has 4 heteroatoms. The predicted molar refractivity (Wildman–Crippen MR) is 105 cm³/mol. The van der Waals surface area contributed by atoms with Gasteiger partial charge in [-0.3, -0.25) is 4.99 Å². The topological polar surface area (TPSA) is 56.7 Å². The van der Waals surface area contributed by atoms with Crippen LogP contribution in [0, 0.1) is 0 Å². The molecule has 0 aromatic heterocycles. The van der Waals surface area contributed by atoms with E-state index in [0.717, 1.165) is 37.5 Å². The van der Waals surface area contributed by atoms with E-state index in [0.29, 0.717) is 6.54 Å². The van der Waals surface area contributed by atoms with E-state index >= 15 is 0 Å². The fourth-order valence-corrected chi connectivity index (χ4v) is 2.68. The number of aliphatic hydroxyl groups excluding tert-OH is 1. The molecule has 0 amide bonds. The molecule has 0 aliphatic carbocycles. The number of guanidine groups is 1. The molecule has 0 radical (unpaired) electrons. The summed E-state index contributed by atoms with van der Waals surface area (Å²) < 4.78 is 0. The van der Waals surface area contributed by atoms with Crippen LogP contribution in [0.2, 0.25) is 0 Å². The second-order valence-electron chi connectivity index (χ2n) is 6.03. The minimum Gasteiger partial charge on any atom is -0.396 e. The number of hydrogen-bond acceptors (Lipinski definition) is 2. The van der Waals surface area contributed by atoms with Crippen molar-refractivity contribution in [2.45, 2.75) is 25.7 Å². The maximum Gasteiger partial charge on any atom is 0.191 e. The zero-order valence-corrected chi connectivity index (χ0v) is 15.0. The van der Waals surface area contributed by atoms with Gasteiger partial charge in [0.05, 0.1) is 13.2 Å². The van der Waals surface area contributed by atoms with E-state index in [2.05, 4.69) is 46.8 Å². The second-order valence-corrected chi connectivity index (χ2v) is 6.03. The molecule has 2 aromatic rings. The largest absolute Gasteiger partial charge is 0.396 e. The highest BCUT2D eigenvalue weighted by atomic mass is 16.3. The van der Waals surface area contributed by atoms with E-state index in [1.54, 1.807) is 0 Å². The highest BCUT2D eigenvalue weighted by molar-refractivity contribution is 5.79. The average Bonchev–Trinajstić information content (AvgIpc) is 2.67. The normalized spacial score (nSPS) is 12.6. The van der Waals surface area contributed by atoms with Gasteiger partial charge in [0.15, 0.2) is 5.96 Å². The van der Waals surface area contributed by atoms with Gasteiger partial charge in [0.2, 0.25) is 0 Å². The maximum atomic E-state index is 9.65. The smallest absolute Gasteiger partial charge is 0.191 e. The number of nitrogens with zero attached hydrogens (tertiary/aromatic N) is 1. The van der Waals surface area contributed by atoms with Gasteiger partial charge in [0.25, 0.3) is 0 Å². The van der Waals surface area contributed by atoms with E-state index in [-0.39, 0.29) is 12.5 Å². The molecule has 0 saturated heterocycles. The third-order valence-electron chi connectivity index (χ3n) is 4.08. The predicted octanol–water partition coefficient (Wildman–Crippen LogP) is 2.95. The van der Waals surface area contributed by atoms with Crippen LogP contribution in [0.15, 0.2) is 65.7 Å². The van der Waals surface area contributed by atoms with Gasteiger partial charge in [0, 0.05) is 19.0 Å². The Kier molecular flexibility index (Phi) is 8.56. The fraction of sp³-hybridized carbons (Fsp3) is 0.381. The summed E-state index contributed by atoms with van der Waals surface area (Å²) >= 11 is 0. The van der Waals surface area contributed by atoms with Gasteiger partial charge in [-0.25, -0.2) is 0 Å². The Morgan fingerprint density at radius 2 is 1.68 bits per heavy atom. The van der Waals surface area contributed by atoms with Crippen molar-refractivity contribution in [2.24, 2.45) is 4.99 Å². The van der Waals surface area contributed by atoms with E-state index in [4.69, 9.17) is 0 Å². The van der Waals surface area contributed by atoms with Gasteiger partial charge in [-0.2, -0.15) is 0 Å². The first-order chi connectivity index (χ1) is 12.3. The van der Waals surface area contributed by atoms with Crippen LogP contribution in [-0.2, 0) is 6.42 Å². The molecule has 134 valence electrons. The zero-order valence-electron chi connectivity index (χ0n) is 15.0. The maximum absolute atomic E-state index is 9.65. The fourth-order valence-electron chi connectivity index (χ4n) is 2.68. The van der Waals surface area contributed by atoms with Crippen LogP contribution in [-0.4, -0.2) is 37.3 Å². The molecular formula is C21H29N3O. The summed E-state index contributed by atoms with van der Waals surface area (Å²) in [5.41, 5.74) is 2.48. The molecule has 1 atom stereocenters. The number of aliphatic imine (C=N–C) groups is 1. The summed E-state index contributed by atoms with van der Waals surface area (Å²) in [4.78, 5) is 4.64. The van der Waals surface area contributed by atoms with Crippen molar-refractivity contribution in [2.75, 3.05) is 26.2 Å². The molecule has 1 unspecified atom stereocenters. The lowest BCUT2D eigenvalue weighted by atomic mass is 10.0. The first kappa shape index (κ1) is 19.0. The Hall–Kier alpha value is -2.33. The lowest BCUT2D eigenvalue weighted by molar-refractivity contribution is 0.268. The highest BCUT2D eigenvalue weighted by Gasteiger charge is 2.09. The third-order valence-corrected chi connectivity index (χ3v) is 4.08. The minimum atomic E-state index is 0.0287. The molecule has 0 aliphatic rings. The van der Waals surface area contributed by atoms with Crippen molar-refractivity contribution in [3.8, 4) is 0 Å². The number of aliphatic hydroxyl groups is 1. The van der Waals surface area contributed by atoms with Crippen molar-refractivity contribution in [3.63, 3.8) is 0 Å². The number of nitrogens with one attached hydrogen (secondary N) is 2. The van der Waals surface area contributed by atoms with Crippen molar-refractivity contribution < 1.29 is 5.11 Å². The van der Waals surface area contributed by atoms with Crippen LogP contribution in [0.25, 0.3) is 0 Å². The van der Waals surface area contributed by atoms with E-state index in [9.17, 15) is 5.11 Å². The van der Waals surface area contributed by atoms with Crippen LogP contribution in [0.3, 0.4) is 0 Å². The number of rotatable bonds is 9. The molecular weight excluding hydrogens is 310 g/mol. The van der Waals surface area contributed by atoms with Crippen LogP contribution in [0.1, 0.15) is 30.4 Å². The van der Waals surface area contributed by atoms with Crippen LogP contribution in [0.4, 0.5) is 0 Å². The zero-order chi connectivity index (χ0) is 17.7. The van der Waals surface area contributed by atoms with Gasteiger partial charge in [-0.1, -0.05) is 60.7 Å². The molecule has 2 aromatic carbocycles. The van der Waals surface area contributed by atoms with Gasteiger partial charge < -0.3 is 15.7 Å². The summed E-state index contributed by atoms with van der Waals surface area (Å²) in [6.45, 7) is 4.41. The van der Waals surface area contributed by atoms with Crippen LogP contribution < -0.4 is 10.6 Å². The van der Waals surface area contributed by atoms with Gasteiger partial charge in [-0.05, 0) is 30.9 Å². The number of aryl methyl sites for hydroxylation is 1. The average molecular weight is 339 g/mol. The first-order valence-electron chi connectivity index (χ1n) is 9.05. The molecule has 0 spiro atoms. The number of hydrogen-bond donors (Lipinski definition) is 3. The third kappa shape index (κ3) is 6.98. The highest BCUT2D eigenvalue weighted by Crippen LogP contribution is 2.14. The van der Waals surface area contributed by atoms with Crippen molar-refractivity contribution in [1.29, 1.82) is 0 Å². The quantitative estimate of drug-likeness (QED) is 0.374. The molecule has 3 N–H and O–H groups in total. The minimum absolute atomic E-state index is 0.0287. The molecule has 2 rings (SSSR count). The van der Waals surface area contributed by atoms with Crippen molar-refractivity contribution >= 4 is 5.96 Å². The lowest BCUT2D eigenvalue weighted by Crippen LogP contribution is -2.38. The van der Waals surface area contributed by atoms with Crippen molar-refractivity contribution in [3.05, 3.63) is 71.8 Å². The molecule has 4 nitrogen and oxygen atoms in total. The Bertz CT molecular complexity index is 614. The van der Waals surface area contributed by atoms with E-state index in [1.807, 2.05) is 36.4 Å². The van der Waals surface area contributed by atoms with Crippen LogP contribution in [0.5, 0.6) is 0 Å². The molecule has 0 aliphatic heterocycles. The van der Waals surface area contributed by atoms with Crippen molar-refractivity contribution in [1.82, 2.24) is 10.6 Å². The molecule has 0 bridgehead atoms. The Balaban J connectivity index is 1.82. The van der Waals surface area contributed by atoms with Gasteiger partial charge >= 0.3 is 0 Å². The molecule has 0 saturated carbocycles. The SMILES string of the molecule is CCNC(=NCC(CO)c1ccccc1)NCCCc1ccccc1. The summed E-state index contributed by atoms with van der Waals surface area (Å²) in [5.74, 6) is 0.839. The Labute approximate surface area is 151 Å². The summed E-state index contributed by atoms with van der Waals surface area (Å²) in [6.07, 6.45) is 2.10.